The van der Waals surface area contributed by atoms with E-state index < -0.39 is 8.25 Å². The number of hydrogen-bond acceptors (Lipinski definition) is 3. The van der Waals surface area contributed by atoms with Crippen molar-refractivity contribution in [2.24, 2.45) is 0 Å². The first-order valence-electron chi connectivity index (χ1n) is 8.11. The van der Waals surface area contributed by atoms with Crippen LogP contribution in [0.1, 0.15) is 70.0 Å². The first-order valence-corrected chi connectivity index (χ1v) is 10.5. The number of carbonyl (C=O) groups is 1. The van der Waals surface area contributed by atoms with E-state index in [9.17, 15) is 4.79 Å². The van der Waals surface area contributed by atoms with Gasteiger partial charge >= 0.3 is 5.97 Å². The number of rotatable bonds is 10. The fourth-order valence-corrected chi connectivity index (χ4v) is 3.35. The standard InChI is InChI=1S/C17H24Br3NO2/c1-2-3-4-5-6-7-8-11-15(22)23-16(17(18,19)20)14-10-9-12-21-13-14/h9-10,12-13,16H,2-8,11H2,1H3. The highest BCUT2D eigenvalue weighted by Gasteiger charge is 2.35. The van der Waals surface area contributed by atoms with Gasteiger partial charge in [0, 0.05) is 24.4 Å². The quantitative estimate of drug-likeness (QED) is 0.200. The summed E-state index contributed by atoms with van der Waals surface area (Å²) in [5.41, 5.74) is 0.825. The van der Waals surface area contributed by atoms with Crippen LogP contribution in [0.2, 0.25) is 0 Å². The second kappa shape index (κ2) is 11.6. The maximum Gasteiger partial charge on any atom is 0.306 e. The van der Waals surface area contributed by atoms with Crippen molar-refractivity contribution >= 4 is 53.8 Å². The van der Waals surface area contributed by atoms with Gasteiger partial charge in [0.15, 0.2) is 8.25 Å². The van der Waals surface area contributed by atoms with E-state index >= 15 is 0 Å². The summed E-state index contributed by atoms with van der Waals surface area (Å²) in [7, 11) is 0. The van der Waals surface area contributed by atoms with Crippen molar-refractivity contribution in [3.05, 3.63) is 30.1 Å². The normalized spacial score (nSPS) is 12.9. The summed E-state index contributed by atoms with van der Waals surface area (Å²) in [4.78, 5) is 16.2. The zero-order valence-electron chi connectivity index (χ0n) is 13.4. The van der Waals surface area contributed by atoms with E-state index in [4.69, 9.17) is 4.74 Å². The fraction of sp³-hybridized carbons (Fsp3) is 0.647. The van der Waals surface area contributed by atoms with E-state index in [1.165, 1.54) is 32.1 Å². The van der Waals surface area contributed by atoms with Crippen LogP contribution < -0.4 is 0 Å². The van der Waals surface area contributed by atoms with Gasteiger partial charge in [-0.25, -0.2) is 0 Å². The lowest BCUT2D eigenvalue weighted by Gasteiger charge is -2.25. The molecule has 0 fully saturated rings. The molecular formula is C17H24Br3NO2. The van der Waals surface area contributed by atoms with E-state index in [0.29, 0.717) is 6.42 Å². The molecule has 0 radical (unpaired) electrons. The molecule has 1 aromatic rings. The minimum Gasteiger partial charge on any atom is -0.454 e. The van der Waals surface area contributed by atoms with Gasteiger partial charge in [-0.1, -0.05) is 99.3 Å². The number of unbranched alkanes of at least 4 members (excludes halogenated alkanes) is 6. The predicted octanol–water partition coefficient (Wildman–Crippen LogP) is 6.65. The van der Waals surface area contributed by atoms with Crippen molar-refractivity contribution in [2.75, 3.05) is 0 Å². The van der Waals surface area contributed by atoms with Gasteiger partial charge in [-0.15, -0.1) is 0 Å². The lowest BCUT2D eigenvalue weighted by atomic mass is 10.1. The predicted molar refractivity (Wildman–Crippen MR) is 105 cm³/mol. The van der Waals surface area contributed by atoms with Gasteiger partial charge in [-0.3, -0.25) is 9.78 Å². The fourth-order valence-electron chi connectivity index (χ4n) is 2.27. The molecule has 1 aromatic heterocycles. The molecule has 23 heavy (non-hydrogen) atoms. The third kappa shape index (κ3) is 9.20. The summed E-state index contributed by atoms with van der Waals surface area (Å²) in [6.07, 6.45) is 11.6. The second-order valence-electron chi connectivity index (χ2n) is 5.57. The Kier molecular flexibility index (Phi) is 10.6. The lowest BCUT2D eigenvalue weighted by molar-refractivity contribution is -0.149. The van der Waals surface area contributed by atoms with Crippen molar-refractivity contribution in [1.82, 2.24) is 4.98 Å². The molecule has 1 atom stereocenters. The number of esters is 1. The van der Waals surface area contributed by atoms with E-state index in [0.717, 1.165) is 18.4 Å². The Morgan fingerprint density at radius 3 is 2.39 bits per heavy atom. The SMILES string of the molecule is CCCCCCCCCC(=O)OC(c1cccnc1)C(Br)(Br)Br. The van der Waals surface area contributed by atoms with Gasteiger partial charge in [0.2, 0.25) is 0 Å². The highest BCUT2D eigenvalue weighted by atomic mass is 80.0. The Labute approximate surface area is 164 Å². The van der Waals surface area contributed by atoms with Crippen molar-refractivity contribution in [2.45, 2.75) is 66.5 Å². The Morgan fingerprint density at radius 1 is 1.17 bits per heavy atom. The van der Waals surface area contributed by atoms with E-state index in [1.807, 2.05) is 12.1 Å². The van der Waals surface area contributed by atoms with Crippen LogP contribution in [-0.2, 0) is 9.53 Å². The lowest BCUT2D eigenvalue weighted by Crippen LogP contribution is -2.22. The Morgan fingerprint density at radius 2 is 1.83 bits per heavy atom. The summed E-state index contributed by atoms with van der Waals surface area (Å²) in [5, 5.41) is 0. The molecule has 130 valence electrons. The Bertz CT molecular complexity index is 449. The van der Waals surface area contributed by atoms with Crippen LogP contribution in [-0.4, -0.2) is 13.1 Å². The number of halogens is 3. The van der Waals surface area contributed by atoms with Crippen LogP contribution in [0.25, 0.3) is 0 Å². The van der Waals surface area contributed by atoms with Crippen LogP contribution in [0.5, 0.6) is 0 Å². The first-order chi connectivity index (χ1) is 10.9. The van der Waals surface area contributed by atoms with Crippen molar-refractivity contribution in [1.29, 1.82) is 0 Å². The molecule has 0 amide bonds. The first kappa shape index (κ1) is 21.1. The van der Waals surface area contributed by atoms with Crippen LogP contribution in [0.4, 0.5) is 0 Å². The van der Waals surface area contributed by atoms with Crippen molar-refractivity contribution in [3.63, 3.8) is 0 Å². The van der Waals surface area contributed by atoms with Crippen LogP contribution >= 0.6 is 47.8 Å². The molecule has 0 aromatic carbocycles. The molecule has 3 nitrogen and oxygen atoms in total. The summed E-state index contributed by atoms with van der Waals surface area (Å²) in [6.45, 7) is 2.21. The molecule has 0 spiro atoms. The summed E-state index contributed by atoms with van der Waals surface area (Å²) in [5.74, 6) is -0.185. The molecule has 6 heteroatoms. The van der Waals surface area contributed by atoms with Crippen molar-refractivity contribution in [3.8, 4) is 0 Å². The molecule has 0 saturated carbocycles. The van der Waals surface area contributed by atoms with E-state index in [-0.39, 0.29) is 5.97 Å². The third-order valence-electron chi connectivity index (χ3n) is 3.52. The largest absolute Gasteiger partial charge is 0.454 e. The van der Waals surface area contributed by atoms with Crippen molar-refractivity contribution < 1.29 is 9.53 Å². The molecule has 0 saturated heterocycles. The topological polar surface area (TPSA) is 39.2 Å². The zero-order valence-corrected chi connectivity index (χ0v) is 18.2. The highest BCUT2D eigenvalue weighted by Crippen LogP contribution is 2.47. The molecule has 1 heterocycles. The summed E-state index contributed by atoms with van der Waals surface area (Å²) >= 11 is 10.4. The van der Waals surface area contributed by atoms with E-state index in [1.54, 1.807) is 12.4 Å². The number of nitrogens with zero attached hydrogens (tertiary/aromatic N) is 1. The monoisotopic (exact) mass is 511 g/mol. The number of hydrogen-bond donors (Lipinski definition) is 0. The minimum atomic E-state index is -0.703. The summed E-state index contributed by atoms with van der Waals surface area (Å²) < 4.78 is 4.92. The average Bonchev–Trinajstić information content (AvgIpc) is 2.51. The van der Waals surface area contributed by atoms with Gasteiger partial charge in [0.05, 0.1) is 0 Å². The molecule has 0 aliphatic carbocycles. The number of alkyl halides is 3. The molecule has 0 aliphatic rings. The number of aromatic nitrogens is 1. The Balaban J connectivity index is 2.37. The van der Waals surface area contributed by atoms with Gasteiger partial charge in [0.25, 0.3) is 0 Å². The maximum absolute atomic E-state index is 12.1. The minimum absolute atomic E-state index is 0.185. The summed E-state index contributed by atoms with van der Waals surface area (Å²) in [6, 6.07) is 3.71. The van der Waals surface area contributed by atoms with Crippen LogP contribution in [0.3, 0.4) is 0 Å². The molecule has 1 rings (SSSR count). The van der Waals surface area contributed by atoms with Crippen LogP contribution in [0, 0.1) is 0 Å². The van der Waals surface area contributed by atoms with Gasteiger partial charge in [-0.2, -0.15) is 0 Å². The second-order valence-corrected chi connectivity index (χ2v) is 12.5. The van der Waals surface area contributed by atoms with E-state index in [2.05, 4.69) is 59.7 Å². The average molecular weight is 514 g/mol. The molecule has 0 aliphatic heterocycles. The van der Waals surface area contributed by atoms with Crippen LogP contribution in [0.15, 0.2) is 24.5 Å². The number of pyridine rings is 1. The van der Waals surface area contributed by atoms with Gasteiger partial charge in [0.1, 0.15) is 0 Å². The molecule has 0 bridgehead atoms. The number of carbonyl (C=O) groups excluding carboxylic acids is 1. The molecule has 1 unspecified atom stereocenters. The highest BCUT2D eigenvalue weighted by molar-refractivity contribution is 9.39. The van der Waals surface area contributed by atoms with Gasteiger partial charge in [-0.05, 0) is 12.5 Å². The maximum atomic E-state index is 12.1. The third-order valence-corrected chi connectivity index (χ3v) is 4.77. The number of ether oxygens (including phenoxy) is 1. The molecular weight excluding hydrogens is 490 g/mol. The molecule has 0 N–H and O–H groups in total. The Hall–Kier alpha value is 0.0600. The van der Waals surface area contributed by atoms with Gasteiger partial charge < -0.3 is 4.74 Å². The zero-order chi connectivity index (χ0) is 17.1. The smallest absolute Gasteiger partial charge is 0.306 e.